The van der Waals surface area contributed by atoms with Crippen LogP contribution in [0.2, 0.25) is 5.02 Å². The van der Waals surface area contributed by atoms with E-state index in [1.165, 1.54) is 18.2 Å². The Hall–Kier alpha value is -0.350. The van der Waals surface area contributed by atoms with E-state index in [0.29, 0.717) is 0 Å². The summed E-state index contributed by atoms with van der Waals surface area (Å²) in [5.41, 5.74) is 0. The van der Waals surface area contributed by atoms with Crippen LogP contribution in [0.1, 0.15) is 0 Å². The Bertz CT molecular complexity index is 274. The quantitative estimate of drug-likeness (QED) is 0.736. The van der Waals surface area contributed by atoms with E-state index in [1.807, 2.05) is 15.9 Å². The van der Waals surface area contributed by atoms with Crippen LogP contribution in [0.4, 0.5) is 8.78 Å². The van der Waals surface area contributed by atoms with Crippen LogP contribution in [-0.4, -0.2) is 5.02 Å². The van der Waals surface area contributed by atoms with Crippen LogP contribution in [0.15, 0.2) is 18.2 Å². The van der Waals surface area contributed by atoms with Crippen LogP contribution in [0, 0.1) is 6.07 Å². The Balaban J connectivity index is 2.83. The average Bonchev–Trinajstić information content (AvgIpc) is 1.91. The number of hydrogen-bond acceptors (Lipinski definition) is 1. The molecule has 1 aromatic carbocycles. The lowest BCUT2D eigenvalue weighted by molar-refractivity contribution is -0.0802. The second-order valence-corrected chi connectivity index (χ2v) is 3.23. The molecule has 65 valence electrons. The van der Waals surface area contributed by atoms with Crippen molar-refractivity contribution >= 4 is 27.5 Å². The predicted molar refractivity (Wildman–Crippen MR) is 44.8 cm³/mol. The van der Waals surface area contributed by atoms with Crippen LogP contribution in [0.5, 0.6) is 5.75 Å². The molecule has 1 rings (SSSR count). The molecule has 0 saturated heterocycles. The van der Waals surface area contributed by atoms with Crippen molar-refractivity contribution in [3.8, 4) is 5.75 Å². The Morgan fingerprint density at radius 1 is 1.58 bits per heavy atom. The molecule has 0 aromatic heterocycles. The molecule has 0 aliphatic carbocycles. The van der Waals surface area contributed by atoms with E-state index in [0.717, 1.165) is 0 Å². The second kappa shape index (κ2) is 3.58. The van der Waals surface area contributed by atoms with Gasteiger partial charge in [0.25, 0.3) is 0 Å². The highest BCUT2D eigenvalue weighted by Crippen LogP contribution is 2.31. The van der Waals surface area contributed by atoms with Crippen molar-refractivity contribution in [3.63, 3.8) is 0 Å². The van der Waals surface area contributed by atoms with Crippen LogP contribution >= 0.6 is 27.5 Å². The molecule has 0 amide bonds. The molecule has 0 spiro atoms. The van der Waals surface area contributed by atoms with Gasteiger partial charge in [0.1, 0.15) is 5.75 Å². The molecule has 0 saturated carbocycles. The minimum atomic E-state index is -3.39. The maximum Gasteiger partial charge on any atom is 0.459 e. The molecule has 12 heavy (non-hydrogen) atoms. The lowest BCUT2D eigenvalue weighted by Gasteiger charge is -2.11. The largest absolute Gasteiger partial charge is 0.459 e. The Labute approximate surface area is 81.4 Å². The average molecular weight is 256 g/mol. The highest BCUT2D eigenvalue weighted by molar-refractivity contribution is 9.09. The van der Waals surface area contributed by atoms with Crippen molar-refractivity contribution in [3.05, 3.63) is 29.3 Å². The molecule has 0 atom stereocenters. The minimum absolute atomic E-state index is 0.0858. The van der Waals surface area contributed by atoms with Gasteiger partial charge in [-0.1, -0.05) is 17.7 Å². The van der Waals surface area contributed by atoms with E-state index in [9.17, 15) is 8.78 Å². The molecule has 1 nitrogen and oxygen atoms in total. The molecule has 0 aliphatic heterocycles. The molecule has 5 heteroatoms. The third-order valence-electron chi connectivity index (χ3n) is 1.00. The lowest BCUT2D eigenvalue weighted by Crippen LogP contribution is -2.14. The van der Waals surface area contributed by atoms with Gasteiger partial charge in [0.2, 0.25) is 0 Å². The summed E-state index contributed by atoms with van der Waals surface area (Å²) in [7, 11) is 0. The maximum atomic E-state index is 12.2. The minimum Gasteiger partial charge on any atom is -0.422 e. The molecule has 1 radical (unpaired) electrons. The first-order valence-electron chi connectivity index (χ1n) is 2.90. The summed E-state index contributed by atoms with van der Waals surface area (Å²) < 4.78 is 28.6. The van der Waals surface area contributed by atoms with Gasteiger partial charge in [0.15, 0.2) is 0 Å². The maximum absolute atomic E-state index is 12.2. The number of halogens is 4. The summed E-state index contributed by atoms with van der Waals surface area (Å²) in [5, 5.41) is -3.30. The lowest BCUT2D eigenvalue weighted by atomic mass is 10.3. The third kappa shape index (κ3) is 2.95. The van der Waals surface area contributed by atoms with Crippen molar-refractivity contribution in [1.82, 2.24) is 0 Å². The zero-order chi connectivity index (χ0) is 9.19. The zero-order valence-electron chi connectivity index (χ0n) is 5.65. The third-order valence-corrected chi connectivity index (χ3v) is 1.46. The summed E-state index contributed by atoms with van der Waals surface area (Å²) in [4.78, 5) is 0. The summed E-state index contributed by atoms with van der Waals surface area (Å²) >= 11 is 7.54. The van der Waals surface area contributed by atoms with Crippen molar-refractivity contribution in [1.29, 1.82) is 0 Å². The van der Waals surface area contributed by atoms with E-state index in [1.54, 1.807) is 0 Å². The van der Waals surface area contributed by atoms with Gasteiger partial charge in [0.05, 0.1) is 5.02 Å². The van der Waals surface area contributed by atoms with E-state index in [-0.39, 0.29) is 10.8 Å². The van der Waals surface area contributed by atoms with Crippen LogP contribution in [-0.2, 0) is 0 Å². The number of benzene rings is 1. The Morgan fingerprint density at radius 2 is 2.25 bits per heavy atom. The number of alkyl halides is 3. The van der Waals surface area contributed by atoms with Crippen LogP contribution < -0.4 is 4.74 Å². The van der Waals surface area contributed by atoms with Crippen molar-refractivity contribution in [2.75, 3.05) is 0 Å². The van der Waals surface area contributed by atoms with Gasteiger partial charge in [-0.05, 0) is 18.2 Å². The van der Waals surface area contributed by atoms with Gasteiger partial charge in [-0.15, -0.1) is 0 Å². The fraction of sp³-hybridized carbons (Fsp3) is 0.143. The van der Waals surface area contributed by atoms with Gasteiger partial charge in [-0.3, -0.25) is 0 Å². The van der Waals surface area contributed by atoms with Gasteiger partial charge in [-0.25, -0.2) is 0 Å². The smallest absolute Gasteiger partial charge is 0.422 e. The van der Waals surface area contributed by atoms with Gasteiger partial charge >= 0.3 is 5.02 Å². The molecule has 1 aromatic rings. The van der Waals surface area contributed by atoms with Gasteiger partial charge in [-0.2, -0.15) is 8.78 Å². The highest BCUT2D eigenvalue weighted by Gasteiger charge is 2.27. The van der Waals surface area contributed by atoms with Crippen molar-refractivity contribution < 1.29 is 13.5 Å². The van der Waals surface area contributed by atoms with Crippen LogP contribution in [0.3, 0.4) is 0 Å². The molecule has 0 N–H and O–H groups in total. The summed E-state index contributed by atoms with van der Waals surface area (Å²) in [6.45, 7) is 0. The molecule has 0 aliphatic rings. The standard InChI is InChI=1S/C7H3BrClF2O/c8-7(10,11)12-6-4-2-1-3-5(6)9/h2-4H. The first-order chi connectivity index (χ1) is 5.49. The summed E-state index contributed by atoms with van der Waals surface area (Å²) in [6.07, 6.45) is 0. The van der Waals surface area contributed by atoms with Gasteiger partial charge in [0, 0.05) is 15.9 Å². The Morgan fingerprint density at radius 3 is 2.75 bits per heavy atom. The predicted octanol–water partition coefficient (Wildman–Crippen LogP) is 3.46. The van der Waals surface area contributed by atoms with E-state index in [4.69, 9.17) is 11.6 Å². The van der Waals surface area contributed by atoms with Crippen molar-refractivity contribution in [2.45, 2.75) is 5.02 Å². The van der Waals surface area contributed by atoms with Crippen molar-refractivity contribution in [2.24, 2.45) is 0 Å². The zero-order valence-corrected chi connectivity index (χ0v) is 7.99. The monoisotopic (exact) mass is 255 g/mol. The topological polar surface area (TPSA) is 9.23 Å². The number of rotatable bonds is 2. The Kier molecular flexibility index (Phi) is 2.90. The van der Waals surface area contributed by atoms with E-state index >= 15 is 0 Å². The molecule has 0 fully saturated rings. The molecule has 0 bridgehead atoms. The van der Waals surface area contributed by atoms with E-state index in [2.05, 4.69) is 10.8 Å². The highest BCUT2D eigenvalue weighted by atomic mass is 79.9. The van der Waals surface area contributed by atoms with E-state index < -0.39 is 5.02 Å². The summed E-state index contributed by atoms with van der Waals surface area (Å²) in [6, 6.07) is 6.69. The summed E-state index contributed by atoms with van der Waals surface area (Å²) in [5.74, 6) is -0.0858. The first-order valence-corrected chi connectivity index (χ1v) is 4.07. The number of ether oxygens (including phenoxy) is 1. The SMILES string of the molecule is FC(F)(Br)Oc1cc[c]cc1Cl. The van der Waals surface area contributed by atoms with Crippen LogP contribution in [0.25, 0.3) is 0 Å². The molecular weight excluding hydrogens is 253 g/mol. The fourth-order valence-corrected chi connectivity index (χ4v) is 0.942. The second-order valence-electron chi connectivity index (χ2n) is 1.90. The first kappa shape index (κ1) is 9.74. The number of hydrogen-bond donors (Lipinski definition) is 0. The fourth-order valence-electron chi connectivity index (χ4n) is 0.603. The molecule has 0 unspecified atom stereocenters. The molecular formula is C7H3BrClF2O. The molecule has 0 heterocycles. The van der Waals surface area contributed by atoms with Gasteiger partial charge < -0.3 is 4.74 Å². The normalized spacial score (nSPS) is 11.3.